The molecule has 1 aromatic carbocycles. The molecule has 4 nitrogen and oxygen atoms in total. The van der Waals surface area contributed by atoms with E-state index < -0.39 is 0 Å². The fourth-order valence-corrected chi connectivity index (χ4v) is 1.89. The van der Waals surface area contributed by atoms with E-state index in [0.29, 0.717) is 6.42 Å². The Balaban J connectivity index is 2.71. The van der Waals surface area contributed by atoms with Crippen molar-refractivity contribution in [3.05, 3.63) is 35.9 Å². The monoisotopic (exact) mass is 238 g/mol. The van der Waals surface area contributed by atoms with E-state index in [-0.39, 0.29) is 18.7 Å². The average Bonchev–Trinajstić information content (AvgIpc) is 2.39. The predicted molar refractivity (Wildman–Crippen MR) is 67.9 cm³/mol. The highest BCUT2D eigenvalue weighted by molar-refractivity contribution is 5.20. The van der Waals surface area contributed by atoms with Gasteiger partial charge < -0.3 is 15.6 Å². The van der Waals surface area contributed by atoms with Gasteiger partial charge in [0.2, 0.25) is 0 Å². The summed E-state index contributed by atoms with van der Waals surface area (Å²) < 4.78 is 0. The van der Waals surface area contributed by atoms with Crippen molar-refractivity contribution in [2.45, 2.75) is 31.8 Å². The van der Waals surface area contributed by atoms with Gasteiger partial charge in [0, 0.05) is 12.6 Å². The summed E-state index contributed by atoms with van der Waals surface area (Å²) in [5.41, 5.74) is 3.49. The highest BCUT2D eigenvalue weighted by atomic mass is 16.5. The first-order valence-electron chi connectivity index (χ1n) is 6.12. The molecule has 0 bridgehead atoms. The first kappa shape index (κ1) is 14.1. The second kappa shape index (κ2) is 8.20. The summed E-state index contributed by atoms with van der Waals surface area (Å²) in [5, 5.41) is 21.3. The van der Waals surface area contributed by atoms with Crippen LogP contribution in [0.25, 0.3) is 0 Å². The number of hydroxylamine groups is 1. The second-order valence-electron chi connectivity index (χ2n) is 4.06. The molecular weight excluding hydrogens is 216 g/mol. The lowest BCUT2D eigenvalue weighted by molar-refractivity contribution is 0.103. The predicted octanol–water partition coefficient (Wildman–Crippen LogP) is 1.46. The largest absolute Gasteiger partial charge is 0.396 e. The Morgan fingerprint density at radius 2 is 1.94 bits per heavy atom. The molecule has 0 aliphatic rings. The minimum absolute atomic E-state index is 0.0314. The molecule has 1 rings (SSSR count). The third-order valence-electron chi connectivity index (χ3n) is 2.87. The smallest absolute Gasteiger partial charge is 0.0512 e. The molecule has 0 unspecified atom stereocenters. The Bertz CT molecular complexity index is 289. The van der Waals surface area contributed by atoms with Gasteiger partial charge in [-0.25, -0.2) is 5.48 Å². The van der Waals surface area contributed by atoms with Crippen LogP contribution >= 0.6 is 0 Å². The van der Waals surface area contributed by atoms with Gasteiger partial charge in [0.25, 0.3) is 0 Å². The van der Waals surface area contributed by atoms with Crippen molar-refractivity contribution in [1.82, 2.24) is 10.8 Å². The number of aliphatic hydroxyl groups excluding tert-OH is 1. The number of aliphatic hydroxyl groups is 1. The molecule has 1 aromatic rings. The first-order chi connectivity index (χ1) is 8.33. The van der Waals surface area contributed by atoms with Crippen LogP contribution in [-0.2, 0) is 0 Å². The van der Waals surface area contributed by atoms with Crippen LogP contribution in [-0.4, -0.2) is 29.5 Å². The Hall–Kier alpha value is -0.940. The van der Waals surface area contributed by atoms with Gasteiger partial charge in [0.15, 0.2) is 0 Å². The van der Waals surface area contributed by atoms with Crippen LogP contribution in [0.3, 0.4) is 0 Å². The van der Waals surface area contributed by atoms with Gasteiger partial charge in [0.1, 0.15) is 0 Å². The minimum atomic E-state index is -0.0314. The second-order valence-corrected chi connectivity index (χ2v) is 4.06. The van der Waals surface area contributed by atoms with Gasteiger partial charge in [-0.05, 0) is 24.9 Å². The Morgan fingerprint density at radius 3 is 2.47 bits per heavy atom. The van der Waals surface area contributed by atoms with Crippen molar-refractivity contribution in [1.29, 1.82) is 0 Å². The van der Waals surface area contributed by atoms with E-state index in [0.717, 1.165) is 18.5 Å². The van der Waals surface area contributed by atoms with Crippen molar-refractivity contribution in [3.63, 3.8) is 0 Å². The van der Waals surface area contributed by atoms with E-state index >= 15 is 0 Å². The van der Waals surface area contributed by atoms with E-state index in [1.165, 1.54) is 0 Å². The van der Waals surface area contributed by atoms with Crippen molar-refractivity contribution >= 4 is 0 Å². The summed E-state index contributed by atoms with van der Waals surface area (Å²) >= 11 is 0. The van der Waals surface area contributed by atoms with Gasteiger partial charge >= 0.3 is 0 Å². The van der Waals surface area contributed by atoms with Crippen molar-refractivity contribution in [2.24, 2.45) is 0 Å². The normalized spacial score (nSPS) is 14.5. The number of hydrogen-bond donors (Lipinski definition) is 4. The number of benzene rings is 1. The van der Waals surface area contributed by atoms with E-state index in [2.05, 4.69) is 10.8 Å². The van der Waals surface area contributed by atoms with Crippen molar-refractivity contribution in [3.8, 4) is 0 Å². The molecule has 0 radical (unpaired) electrons. The van der Waals surface area contributed by atoms with Gasteiger partial charge in [-0.3, -0.25) is 0 Å². The molecule has 96 valence electrons. The van der Waals surface area contributed by atoms with Crippen molar-refractivity contribution < 1.29 is 10.3 Å². The maximum Gasteiger partial charge on any atom is 0.0512 e. The van der Waals surface area contributed by atoms with Gasteiger partial charge in [0.05, 0.1) is 6.04 Å². The molecule has 0 fully saturated rings. The van der Waals surface area contributed by atoms with E-state index in [1.54, 1.807) is 0 Å². The lowest BCUT2D eigenvalue weighted by Crippen LogP contribution is -2.40. The molecule has 0 spiro atoms. The fraction of sp³-hybridized carbons (Fsp3) is 0.538. The molecule has 0 aliphatic carbocycles. The molecule has 17 heavy (non-hydrogen) atoms. The summed E-state index contributed by atoms with van der Waals surface area (Å²) in [5.74, 6) is 0. The zero-order chi connectivity index (χ0) is 12.5. The molecule has 0 saturated carbocycles. The van der Waals surface area contributed by atoms with Gasteiger partial charge in [-0.1, -0.05) is 37.3 Å². The fourth-order valence-electron chi connectivity index (χ4n) is 1.89. The molecule has 0 heterocycles. The number of nitrogens with one attached hydrogen (secondary N) is 2. The molecule has 4 N–H and O–H groups in total. The van der Waals surface area contributed by atoms with Gasteiger partial charge in [-0.15, -0.1) is 0 Å². The van der Waals surface area contributed by atoms with Crippen LogP contribution < -0.4 is 10.8 Å². The number of rotatable bonds is 8. The summed E-state index contributed by atoms with van der Waals surface area (Å²) in [6.45, 7) is 2.93. The Kier molecular flexibility index (Phi) is 6.81. The first-order valence-corrected chi connectivity index (χ1v) is 6.12. The quantitative estimate of drug-likeness (QED) is 0.409. The summed E-state index contributed by atoms with van der Waals surface area (Å²) in [6.07, 6.45) is 1.54. The Labute approximate surface area is 103 Å². The standard InChI is InChI=1S/C13H22N2O2/c1-2-12(15-17)13(14-9-6-10-16)11-7-4-3-5-8-11/h3-5,7-8,12-17H,2,6,9-10H2,1H3/t12-,13+/m0/s1. The van der Waals surface area contributed by atoms with E-state index in [1.807, 2.05) is 37.3 Å². The minimum Gasteiger partial charge on any atom is -0.396 e. The molecule has 0 saturated heterocycles. The van der Waals surface area contributed by atoms with Crippen LogP contribution in [0.15, 0.2) is 30.3 Å². The van der Waals surface area contributed by atoms with Crippen LogP contribution in [0, 0.1) is 0 Å². The maximum atomic E-state index is 9.17. The third kappa shape index (κ3) is 4.44. The van der Waals surface area contributed by atoms with Crippen LogP contribution in [0.1, 0.15) is 31.4 Å². The lowest BCUT2D eigenvalue weighted by atomic mass is 9.98. The van der Waals surface area contributed by atoms with Crippen LogP contribution in [0.5, 0.6) is 0 Å². The molecular formula is C13H22N2O2. The molecule has 4 heteroatoms. The van der Waals surface area contributed by atoms with Crippen LogP contribution in [0.4, 0.5) is 0 Å². The zero-order valence-electron chi connectivity index (χ0n) is 10.3. The zero-order valence-corrected chi connectivity index (χ0v) is 10.3. The van der Waals surface area contributed by atoms with Crippen LogP contribution in [0.2, 0.25) is 0 Å². The molecule has 2 atom stereocenters. The molecule has 0 amide bonds. The average molecular weight is 238 g/mol. The number of hydrogen-bond acceptors (Lipinski definition) is 4. The molecule has 0 aromatic heterocycles. The topological polar surface area (TPSA) is 64.5 Å². The van der Waals surface area contributed by atoms with Crippen molar-refractivity contribution in [2.75, 3.05) is 13.2 Å². The highest BCUT2D eigenvalue weighted by Gasteiger charge is 2.20. The SMILES string of the molecule is CC[C@H](NO)[C@H](NCCCO)c1ccccc1. The summed E-state index contributed by atoms with van der Waals surface area (Å²) in [6, 6.07) is 10.0. The van der Waals surface area contributed by atoms with E-state index in [4.69, 9.17) is 5.11 Å². The van der Waals surface area contributed by atoms with Gasteiger partial charge in [-0.2, -0.15) is 0 Å². The highest BCUT2D eigenvalue weighted by Crippen LogP contribution is 2.18. The lowest BCUT2D eigenvalue weighted by Gasteiger charge is -2.26. The molecule has 0 aliphatic heterocycles. The summed E-state index contributed by atoms with van der Waals surface area (Å²) in [7, 11) is 0. The third-order valence-corrected chi connectivity index (χ3v) is 2.87. The summed E-state index contributed by atoms with van der Waals surface area (Å²) in [4.78, 5) is 0. The Morgan fingerprint density at radius 1 is 1.24 bits per heavy atom. The van der Waals surface area contributed by atoms with E-state index in [9.17, 15) is 5.21 Å². The maximum absolute atomic E-state index is 9.17.